The fourth-order valence-corrected chi connectivity index (χ4v) is 2.61. The van der Waals surface area contributed by atoms with Crippen molar-refractivity contribution >= 4 is 5.91 Å². The molecule has 19 heavy (non-hydrogen) atoms. The Labute approximate surface area is 114 Å². The molecular formula is C15H22N2O2. The van der Waals surface area contributed by atoms with Crippen LogP contribution in [0.5, 0.6) is 0 Å². The van der Waals surface area contributed by atoms with E-state index >= 15 is 0 Å². The van der Waals surface area contributed by atoms with Crippen molar-refractivity contribution < 1.29 is 9.90 Å². The van der Waals surface area contributed by atoms with E-state index in [4.69, 9.17) is 0 Å². The average Bonchev–Trinajstić information content (AvgIpc) is 2.86. The van der Waals surface area contributed by atoms with E-state index in [2.05, 4.69) is 10.2 Å². The van der Waals surface area contributed by atoms with Crippen molar-refractivity contribution in [3.63, 3.8) is 0 Å². The molecule has 0 aromatic heterocycles. The van der Waals surface area contributed by atoms with Crippen LogP contribution in [0, 0.1) is 0 Å². The van der Waals surface area contributed by atoms with Gasteiger partial charge in [-0.1, -0.05) is 30.3 Å². The van der Waals surface area contributed by atoms with E-state index in [1.807, 2.05) is 37.3 Å². The lowest BCUT2D eigenvalue weighted by Crippen LogP contribution is -2.41. The lowest BCUT2D eigenvalue weighted by Gasteiger charge is -2.23. The second-order valence-electron chi connectivity index (χ2n) is 5.15. The van der Waals surface area contributed by atoms with Gasteiger partial charge in [-0.3, -0.25) is 9.69 Å². The lowest BCUT2D eigenvalue weighted by molar-refractivity contribution is -0.123. The maximum atomic E-state index is 12.0. The van der Waals surface area contributed by atoms with Crippen LogP contribution in [0.2, 0.25) is 0 Å². The summed E-state index contributed by atoms with van der Waals surface area (Å²) in [6.07, 6.45) is 2.05. The standard InChI is InChI=1S/C15H22N2O2/c1-12(13-6-3-2-4-7-13)16-15(19)10-17-9-5-8-14(17)11-18/h2-4,6-7,12,14,18H,5,8-11H2,1H3,(H,16,19)/t12-,14-/m0/s1. The number of amides is 1. The first-order valence-electron chi connectivity index (χ1n) is 6.90. The summed E-state index contributed by atoms with van der Waals surface area (Å²) < 4.78 is 0. The van der Waals surface area contributed by atoms with Crippen LogP contribution in [0.25, 0.3) is 0 Å². The molecule has 1 fully saturated rings. The van der Waals surface area contributed by atoms with Crippen LogP contribution < -0.4 is 5.32 Å². The van der Waals surface area contributed by atoms with Crippen molar-refractivity contribution in [1.29, 1.82) is 0 Å². The average molecular weight is 262 g/mol. The Balaban J connectivity index is 1.84. The molecule has 4 nitrogen and oxygen atoms in total. The van der Waals surface area contributed by atoms with Crippen molar-refractivity contribution in [2.75, 3.05) is 19.7 Å². The summed E-state index contributed by atoms with van der Waals surface area (Å²) in [5.74, 6) is 0.0247. The van der Waals surface area contributed by atoms with E-state index in [1.54, 1.807) is 0 Å². The molecule has 1 aromatic rings. The smallest absolute Gasteiger partial charge is 0.234 e. The van der Waals surface area contributed by atoms with E-state index in [-0.39, 0.29) is 24.6 Å². The summed E-state index contributed by atoms with van der Waals surface area (Å²) >= 11 is 0. The summed E-state index contributed by atoms with van der Waals surface area (Å²) in [5, 5.41) is 12.2. The number of carbonyl (C=O) groups is 1. The molecule has 0 radical (unpaired) electrons. The van der Waals surface area contributed by atoms with Crippen molar-refractivity contribution in [3.8, 4) is 0 Å². The van der Waals surface area contributed by atoms with Crippen LogP contribution in [-0.4, -0.2) is 41.7 Å². The second-order valence-corrected chi connectivity index (χ2v) is 5.15. The first kappa shape index (κ1) is 14.0. The minimum absolute atomic E-state index is 0.0175. The van der Waals surface area contributed by atoms with E-state index in [1.165, 1.54) is 0 Å². The third kappa shape index (κ3) is 3.78. The minimum atomic E-state index is 0.0175. The molecule has 4 heteroatoms. The van der Waals surface area contributed by atoms with Gasteiger partial charge in [0.25, 0.3) is 0 Å². The van der Waals surface area contributed by atoms with E-state index < -0.39 is 0 Å². The lowest BCUT2D eigenvalue weighted by atomic mass is 10.1. The molecule has 0 bridgehead atoms. The van der Waals surface area contributed by atoms with Gasteiger partial charge in [-0.05, 0) is 31.9 Å². The van der Waals surface area contributed by atoms with Gasteiger partial charge in [-0.15, -0.1) is 0 Å². The molecule has 1 aliphatic heterocycles. The maximum Gasteiger partial charge on any atom is 0.234 e. The van der Waals surface area contributed by atoms with Crippen molar-refractivity contribution in [3.05, 3.63) is 35.9 Å². The summed E-state index contributed by atoms with van der Waals surface area (Å²) in [7, 11) is 0. The Hall–Kier alpha value is -1.39. The number of rotatable bonds is 5. The van der Waals surface area contributed by atoms with Gasteiger partial charge >= 0.3 is 0 Å². The number of nitrogens with one attached hydrogen (secondary N) is 1. The predicted octanol–water partition coefficient (Wildman–Crippen LogP) is 1.32. The molecule has 2 atom stereocenters. The molecule has 2 N–H and O–H groups in total. The third-order valence-corrected chi connectivity index (χ3v) is 3.73. The zero-order chi connectivity index (χ0) is 13.7. The Kier molecular flexibility index (Phi) is 4.93. The van der Waals surface area contributed by atoms with E-state index in [9.17, 15) is 9.90 Å². The zero-order valence-electron chi connectivity index (χ0n) is 11.4. The Morgan fingerprint density at radius 2 is 2.21 bits per heavy atom. The normalized spacial score (nSPS) is 21.3. The van der Waals surface area contributed by atoms with Crippen LogP contribution in [0.4, 0.5) is 0 Å². The highest BCUT2D eigenvalue weighted by molar-refractivity contribution is 5.78. The number of aliphatic hydroxyl groups is 1. The fraction of sp³-hybridized carbons (Fsp3) is 0.533. The number of aliphatic hydroxyl groups excluding tert-OH is 1. The fourth-order valence-electron chi connectivity index (χ4n) is 2.61. The molecule has 0 spiro atoms. The van der Waals surface area contributed by atoms with Gasteiger partial charge in [-0.2, -0.15) is 0 Å². The highest BCUT2D eigenvalue weighted by atomic mass is 16.3. The number of carbonyl (C=O) groups excluding carboxylic acids is 1. The Bertz CT molecular complexity index is 408. The number of hydrogen-bond donors (Lipinski definition) is 2. The molecule has 1 amide bonds. The highest BCUT2D eigenvalue weighted by Crippen LogP contribution is 2.16. The molecule has 0 unspecified atom stereocenters. The Morgan fingerprint density at radius 1 is 1.47 bits per heavy atom. The summed E-state index contributed by atoms with van der Waals surface area (Å²) in [5.41, 5.74) is 1.11. The second kappa shape index (κ2) is 6.68. The molecule has 1 heterocycles. The zero-order valence-corrected chi connectivity index (χ0v) is 11.4. The van der Waals surface area contributed by atoms with Crippen LogP contribution >= 0.6 is 0 Å². The van der Waals surface area contributed by atoms with Crippen molar-refractivity contribution in [2.24, 2.45) is 0 Å². The van der Waals surface area contributed by atoms with Gasteiger partial charge in [0.05, 0.1) is 19.2 Å². The van der Waals surface area contributed by atoms with E-state index in [0.29, 0.717) is 6.54 Å². The van der Waals surface area contributed by atoms with Gasteiger partial charge in [0.2, 0.25) is 5.91 Å². The molecule has 1 aromatic carbocycles. The van der Waals surface area contributed by atoms with E-state index in [0.717, 1.165) is 24.9 Å². The van der Waals surface area contributed by atoms with Crippen LogP contribution in [-0.2, 0) is 4.79 Å². The molecule has 2 rings (SSSR count). The molecule has 104 valence electrons. The topological polar surface area (TPSA) is 52.6 Å². The summed E-state index contributed by atoms with van der Waals surface area (Å²) in [4.78, 5) is 14.1. The maximum absolute atomic E-state index is 12.0. The highest BCUT2D eigenvalue weighted by Gasteiger charge is 2.25. The number of hydrogen-bond acceptors (Lipinski definition) is 3. The molecule has 1 aliphatic rings. The van der Waals surface area contributed by atoms with Gasteiger partial charge in [0.1, 0.15) is 0 Å². The number of nitrogens with zero attached hydrogens (tertiary/aromatic N) is 1. The van der Waals surface area contributed by atoms with Gasteiger partial charge in [0.15, 0.2) is 0 Å². The quantitative estimate of drug-likeness (QED) is 0.841. The third-order valence-electron chi connectivity index (χ3n) is 3.73. The monoisotopic (exact) mass is 262 g/mol. The van der Waals surface area contributed by atoms with Gasteiger partial charge < -0.3 is 10.4 Å². The molecule has 0 aliphatic carbocycles. The van der Waals surface area contributed by atoms with Gasteiger partial charge in [0, 0.05) is 6.04 Å². The first-order chi connectivity index (χ1) is 9.20. The SMILES string of the molecule is C[C@H](NC(=O)CN1CCC[C@H]1CO)c1ccccc1. The number of benzene rings is 1. The predicted molar refractivity (Wildman–Crippen MR) is 74.7 cm³/mol. The van der Waals surface area contributed by atoms with Crippen molar-refractivity contribution in [2.45, 2.75) is 31.8 Å². The largest absolute Gasteiger partial charge is 0.395 e. The molecular weight excluding hydrogens is 240 g/mol. The van der Waals surface area contributed by atoms with Crippen LogP contribution in [0.1, 0.15) is 31.4 Å². The van der Waals surface area contributed by atoms with Crippen LogP contribution in [0.3, 0.4) is 0 Å². The van der Waals surface area contributed by atoms with Crippen molar-refractivity contribution in [1.82, 2.24) is 10.2 Å². The number of likely N-dealkylation sites (tertiary alicyclic amines) is 1. The van der Waals surface area contributed by atoms with Crippen LogP contribution in [0.15, 0.2) is 30.3 Å². The van der Waals surface area contributed by atoms with Gasteiger partial charge in [-0.25, -0.2) is 0 Å². The molecule has 0 saturated carbocycles. The minimum Gasteiger partial charge on any atom is -0.395 e. The molecule has 1 saturated heterocycles. The first-order valence-corrected chi connectivity index (χ1v) is 6.90. The summed E-state index contributed by atoms with van der Waals surface area (Å²) in [6, 6.07) is 10.1. The Morgan fingerprint density at radius 3 is 2.89 bits per heavy atom. The summed E-state index contributed by atoms with van der Waals surface area (Å²) in [6.45, 7) is 3.41.